The number of methoxy groups -OCH3 is 1. The number of carbonyl (C=O) groups is 2. The molecule has 0 aromatic rings. The van der Waals surface area contributed by atoms with Gasteiger partial charge in [0.05, 0.1) is 6.61 Å². The first-order valence-corrected chi connectivity index (χ1v) is 6.84. The molecular formula is C13H25N3O3. The third kappa shape index (κ3) is 5.57. The van der Waals surface area contributed by atoms with Crippen molar-refractivity contribution in [2.45, 2.75) is 32.1 Å². The van der Waals surface area contributed by atoms with Gasteiger partial charge in [0.2, 0.25) is 11.8 Å². The zero-order chi connectivity index (χ0) is 14.1. The van der Waals surface area contributed by atoms with Gasteiger partial charge in [-0.3, -0.25) is 9.59 Å². The van der Waals surface area contributed by atoms with Gasteiger partial charge in [0, 0.05) is 33.0 Å². The van der Waals surface area contributed by atoms with E-state index in [1.165, 1.54) is 0 Å². The number of hydrogen-bond acceptors (Lipinski definition) is 4. The van der Waals surface area contributed by atoms with E-state index in [0.29, 0.717) is 39.1 Å². The molecule has 0 aromatic carbocycles. The fourth-order valence-electron chi connectivity index (χ4n) is 2.23. The Morgan fingerprint density at radius 3 is 2.42 bits per heavy atom. The molecule has 0 saturated heterocycles. The van der Waals surface area contributed by atoms with E-state index < -0.39 is 0 Å². The summed E-state index contributed by atoms with van der Waals surface area (Å²) in [6.07, 6.45) is 4.01. The molecule has 6 nitrogen and oxygen atoms in total. The summed E-state index contributed by atoms with van der Waals surface area (Å²) in [6, 6.07) is 0. The Balaban J connectivity index is 2.08. The van der Waals surface area contributed by atoms with Crippen molar-refractivity contribution in [3.63, 3.8) is 0 Å². The molecule has 1 rings (SSSR count). The van der Waals surface area contributed by atoms with Crippen molar-refractivity contribution in [1.82, 2.24) is 10.6 Å². The van der Waals surface area contributed by atoms with E-state index in [4.69, 9.17) is 10.5 Å². The fourth-order valence-corrected chi connectivity index (χ4v) is 2.23. The second-order valence-electron chi connectivity index (χ2n) is 5.18. The number of nitrogens with one attached hydrogen (secondary N) is 2. The van der Waals surface area contributed by atoms with Gasteiger partial charge in [0.15, 0.2) is 0 Å². The molecule has 6 heteroatoms. The number of carbonyl (C=O) groups excluding carboxylic acids is 2. The molecule has 1 aliphatic rings. The summed E-state index contributed by atoms with van der Waals surface area (Å²) in [4.78, 5) is 23.1. The molecule has 0 aliphatic heterocycles. The number of hydrogen-bond donors (Lipinski definition) is 3. The van der Waals surface area contributed by atoms with Gasteiger partial charge < -0.3 is 21.1 Å². The van der Waals surface area contributed by atoms with Crippen LogP contribution in [0.2, 0.25) is 0 Å². The average Bonchev–Trinajstić information content (AvgIpc) is 2.34. The molecule has 0 radical (unpaired) electrons. The first-order chi connectivity index (χ1) is 9.12. The van der Waals surface area contributed by atoms with E-state index in [1.54, 1.807) is 7.11 Å². The lowest BCUT2D eigenvalue weighted by Gasteiger charge is -2.40. The summed E-state index contributed by atoms with van der Waals surface area (Å²) in [5.74, 6) is -0.0793. The van der Waals surface area contributed by atoms with Crippen molar-refractivity contribution in [3.05, 3.63) is 0 Å². The lowest BCUT2D eigenvalue weighted by Crippen LogP contribution is -2.42. The monoisotopic (exact) mass is 271 g/mol. The van der Waals surface area contributed by atoms with Crippen LogP contribution in [-0.4, -0.2) is 45.2 Å². The molecule has 0 heterocycles. The fraction of sp³-hybridized carbons (Fsp3) is 0.846. The molecule has 0 bridgehead atoms. The minimum Gasteiger partial charge on any atom is -0.383 e. The lowest BCUT2D eigenvalue weighted by atomic mass is 9.66. The molecule has 110 valence electrons. The van der Waals surface area contributed by atoms with E-state index in [0.717, 1.165) is 19.3 Å². The van der Waals surface area contributed by atoms with Crippen LogP contribution < -0.4 is 16.4 Å². The molecular weight excluding hydrogens is 246 g/mol. The summed E-state index contributed by atoms with van der Waals surface area (Å²) in [6.45, 7) is 1.94. The van der Waals surface area contributed by atoms with Crippen LogP contribution in [-0.2, 0) is 14.3 Å². The van der Waals surface area contributed by atoms with Crippen molar-refractivity contribution < 1.29 is 14.3 Å². The van der Waals surface area contributed by atoms with Gasteiger partial charge in [0.25, 0.3) is 0 Å². The molecule has 0 aromatic heterocycles. The van der Waals surface area contributed by atoms with Crippen LogP contribution in [0.3, 0.4) is 0 Å². The summed E-state index contributed by atoms with van der Waals surface area (Å²) < 4.78 is 4.82. The Kier molecular flexibility index (Phi) is 6.80. The Bertz CT molecular complexity index is 298. The van der Waals surface area contributed by atoms with Crippen molar-refractivity contribution in [3.8, 4) is 0 Å². The van der Waals surface area contributed by atoms with Crippen molar-refractivity contribution in [2.75, 3.05) is 33.4 Å². The smallest absolute Gasteiger partial charge is 0.221 e. The molecule has 1 fully saturated rings. The van der Waals surface area contributed by atoms with Crippen molar-refractivity contribution >= 4 is 11.8 Å². The van der Waals surface area contributed by atoms with Crippen LogP contribution in [0, 0.1) is 5.41 Å². The highest BCUT2D eigenvalue weighted by Crippen LogP contribution is 2.42. The molecule has 0 atom stereocenters. The van der Waals surface area contributed by atoms with Crippen LogP contribution in [0.1, 0.15) is 32.1 Å². The van der Waals surface area contributed by atoms with E-state index >= 15 is 0 Å². The molecule has 0 spiro atoms. The Morgan fingerprint density at radius 2 is 1.89 bits per heavy atom. The molecule has 2 amide bonds. The lowest BCUT2D eigenvalue weighted by molar-refractivity contribution is -0.125. The zero-order valence-electron chi connectivity index (χ0n) is 11.7. The standard InChI is InChI=1S/C13H25N3O3/c1-19-8-7-16-11(17)3-6-15-12(18)9-13(10-14)4-2-5-13/h2-10,14H2,1H3,(H,15,18)(H,16,17). The summed E-state index contributed by atoms with van der Waals surface area (Å²) >= 11 is 0. The SMILES string of the molecule is COCCNC(=O)CCNC(=O)CC1(CN)CCC1. The van der Waals surface area contributed by atoms with E-state index in [9.17, 15) is 9.59 Å². The molecule has 0 unspecified atom stereocenters. The van der Waals surface area contributed by atoms with Gasteiger partial charge in [0.1, 0.15) is 0 Å². The molecule has 19 heavy (non-hydrogen) atoms. The highest BCUT2D eigenvalue weighted by molar-refractivity contribution is 5.79. The van der Waals surface area contributed by atoms with Crippen LogP contribution in [0.15, 0.2) is 0 Å². The Hall–Kier alpha value is -1.14. The predicted octanol–water partition coefficient (Wildman–Crippen LogP) is -0.226. The van der Waals surface area contributed by atoms with E-state index in [2.05, 4.69) is 10.6 Å². The second kappa shape index (κ2) is 8.12. The molecule has 4 N–H and O–H groups in total. The van der Waals surface area contributed by atoms with Gasteiger partial charge in [-0.05, 0) is 24.8 Å². The zero-order valence-corrected chi connectivity index (χ0v) is 11.7. The van der Waals surface area contributed by atoms with Crippen LogP contribution in [0.4, 0.5) is 0 Å². The first kappa shape index (κ1) is 15.9. The van der Waals surface area contributed by atoms with Gasteiger partial charge in [-0.1, -0.05) is 6.42 Å². The number of amides is 2. The Morgan fingerprint density at radius 1 is 1.21 bits per heavy atom. The minimum atomic E-state index is -0.0745. The van der Waals surface area contributed by atoms with Crippen LogP contribution >= 0.6 is 0 Å². The topological polar surface area (TPSA) is 93.5 Å². The number of nitrogens with two attached hydrogens (primary N) is 1. The third-order valence-corrected chi connectivity index (χ3v) is 3.69. The van der Waals surface area contributed by atoms with Gasteiger partial charge in [-0.15, -0.1) is 0 Å². The summed E-state index contributed by atoms with van der Waals surface area (Å²) in [5, 5.41) is 5.48. The highest BCUT2D eigenvalue weighted by Gasteiger charge is 2.37. The predicted molar refractivity (Wildman–Crippen MR) is 72.5 cm³/mol. The molecule has 1 saturated carbocycles. The number of rotatable bonds is 9. The van der Waals surface area contributed by atoms with Crippen molar-refractivity contribution in [1.29, 1.82) is 0 Å². The largest absolute Gasteiger partial charge is 0.383 e. The quantitative estimate of drug-likeness (QED) is 0.505. The van der Waals surface area contributed by atoms with Crippen molar-refractivity contribution in [2.24, 2.45) is 11.1 Å². The molecule has 1 aliphatic carbocycles. The maximum absolute atomic E-state index is 11.7. The van der Waals surface area contributed by atoms with Crippen LogP contribution in [0.25, 0.3) is 0 Å². The van der Waals surface area contributed by atoms with Gasteiger partial charge in [-0.2, -0.15) is 0 Å². The Labute approximate surface area is 114 Å². The number of ether oxygens (including phenoxy) is 1. The van der Waals surface area contributed by atoms with Crippen LogP contribution in [0.5, 0.6) is 0 Å². The third-order valence-electron chi connectivity index (χ3n) is 3.69. The summed E-state index contributed by atoms with van der Waals surface area (Å²) in [5.41, 5.74) is 5.72. The first-order valence-electron chi connectivity index (χ1n) is 6.84. The maximum Gasteiger partial charge on any atom is 0.221 e. The minimum absolute atomic E-state index is 0.00478. The second-order valence-corrected chi connectivity index (χ2v) is 5.18. The average molecular weight is 271 g/mol. The van der Waals surface area contributed by atoms with E-state index in [1.807, 2.05) is 0 Å². The highest BCUT2D eigenvalue weighted by atomic mass is 16.5. The maximum atomic E-state index is 11.7. The van der Waals surface area contributed by atoms with Gasteiger partial charge in [-0.25, -0.2) is 0 Å². The summed E-state index contributed by atoms with van der Waals surface area (Å²) in [7, 11) is 1.58. The van der Waals surface area contributed by atoms with Gasteiger partial charge >= 0.3 is 0 Å². The van der Waals surface area contributed by atoms with E-state index in [-0.39, 0.29) is 17.2 Å². The normalized spacial score (nSPS) is 16.5.